The van der Waals surface area contributed by atoms with Gasteiger partial charge in [-0.3, -0.25) is 9.52 Å². The number of rotatable bonds is 6. The normalized spacial score (nSPS) is 11.5. The van der Waals surface area contributed by atoms with Crippen LogP contribution in [0.2, 0.25) is 0 Å². The van der Waals surface area contributed by atoms with Crippen molar-refractivity contribution in [2.24, 2.45) is 0 Å². The van der Waals surface area contributed by atoms with Gasteiger partial charge in [-0.2, -0.15) is 0 Å². The first-order valence-electron chi connectivity index (χ1n) is 7.94. The number of carbonyl (C=O) groups is 1. The third-order valence-electron chi connectivity index (χ3n) is 3.55. The van der Waals surface area contributed by atoms with Gasteiger partial charge in [0.15, 0.2) is 11.6 Å². The summed E-state index contributed by atoms with van der Waals surface area (Å²) in [7, 11) is -4.08. The van der Waals surface area contributed by atoms with Crippen molar-refractivity contribution in [3.05, 3.63) is 82.6 Å². The Morgan fingerprint density at radius 1 is 0.964 bits per heavy atom. The monoisotopic (exact) mass is 420 g/mol. The minimum Gasteiger partial charge on any atom is -0.323 e. The van der Waals surface area contributed by atoms with E-state index in [1.807, 2.05) is 17.5 Å². The van der Waals surface area contributed by atoms with Crippen LogP contribution < -0.4 is 10.0 Å². The molecule has 0 aliphatic carbocycles. The number of anilines is 2. The molecule has 3 aromatic rings. The summed E-state index contributed by atoms with van der Waals surface area (Å²) >= 11 is 1.50. The van der Waals surface area contributed by atoms with Crippen LogP contribution in [0, 0.1) is 11.6 Å². The van der Waals surface area contributed by atoms with E-state index < -0.39 is 26.6 Å². The molecule has 1 heterocycles. The second-order valence-corrected chi connectivity index (χ2v) is 8.26. The van der Waals surface area contributed by atoms with Gasteiger partial charge < -0.3 is 5.32 Å². The molecule has 0 saturated heterocycles. The van der Waals surface area contributed by atoms with E-state index in [2.05, 4.69) is 10.0 Å². The van der Waals surface area contributed by atoms with Crippen molar-refractivity contribution in [2.45, 2.75) is 4.90 Å². The van der Waals surface area contributed by atoms with Crippen LogP contribution in [-0.4, -0.2) is 14.3 Å². The van der Waals surface area contributed by atoms with Gasteiger partial charge in [0.05, 0.1) is 4.90 Å². The van der Waals surface area contributed by atoms with Gasteiger partial charge >= 0.3 is 0 Å². The maximum atomic E-state index is 13.3. The second kappa shape index (κ2) is 8.32. The molecule has 144 valence electrons. The maximum Gasteiger partial charge on any atom is 0.261 e. The third-order valence-corrected chi connectivity index (χ3v) is 5.76. The Morgan fingerprint density at radius 2 is 1.68 bits per heavy atom. The Balaban J connectivity index is 1.65. The lowest BCUT2D eigenvalue weighted by molar-refractivity contribution is -0.111. The number of hydrogen-bond acceptors (Lipinski definition) is 4. The van der Waals surface area contributed by atoms with Crippen LogP contribution in [0.15, 0.2) is 70.9 Å². The van der Waals surface area contributed by atoms with E-state index in [9.17, 15) is 22.0 Å². The third kappa shape index (κ3) is 5.02. The summed E-state index contributed by atoms with van der Waals surface area (Å²) in [6, 6.07) is 12.0. The fourth-order valence-electron chi connectivity index (χ4n) is 2.21. The zero-order valence-electron chi connectivity index (χ0n) is 14.2. The van der Waals surface area contributed by atoms with Gasteiger partial charge in [0.2, 0.25) is 5.91 Å². The van der Waals surface area contributed by atoms with Crippen molar-refractivity contribution in [1.82, 2.24) is 0 Å². The van der Waals surface area contributed by atoms with E-state index in [1.54, 1.807) is 6.08 Å². The Morgan fingerprint density at radius 3 is 2.32 bits per heavy atom. The first kappa shape index (κ1) is 19.7. The molecule has 28 heavy (non-hydrogen) atoms. The molecular formula is C19H14F2N2O3S2. The molecule has 2 aromatic carbocycles. The fraction of sp³-hybridized carbons (Fsp3) is 0. The molecule has 3 rings (SSSR count). The minimum atomic E-state index is -4.08. The summed E-state index contributed by atoms with van der Waals surface area (Å²) in [4.78, 5) is 12.4. The number of halogens is 2. The molecule has 0 unspecified atom stereocenters. The number of sulfonamides is 1. The van der Waals surface area contributed by atoms with Crippen LogP contribution in [-0.2, 0) is 14.8 Å². The molecule has 0 aliphatic rings. The summed E-state index contributed by atoms with van der Waals surface area (Å²) in [6.45, 7) is 0. The van der Waals surface area contributed by atoms with Crippen LogP contribution in [0.5, 0.6) is 0 Å². The SMILES string of the molecule is O=C(/C=C/c1cccs1)Nc1ccc(NS(=O)(=O)c2ccc(F)c(F)c2)cc1. The highest BCUT2D eigenvalue weighted by Gasteiger charge is 2.16. The fourth-order valence-corrected chi connectivity index (χ4v) is 3.90. The van der Waals surface area contributed by atoms with Crippen LogP contribution in [0.4, 0.5) is 20.2 Å². The Labute approximate surface area is 164 Å². The van der Waals surface area contributed by atoms with Gasteiger partial charge in [-0.05, 0) is 60.0 Å². The molecule has 0 atom stereocenters. The van der Waals surface area contributed by atoms with E-state index in [4.69, 9.17) is 0 Å². The summed E-state index contributed by atoms with van der Waals surface area (Å²) in [6.07, 6.45) is 3.08. The molecular weight excluding hydrogens is 406 g/mol. The summed E-state index contributed by atoms with van der Waals surface area (Å²) in [5.41, 5.74) is 0.675. The highest BCUT2D eigenvalue weighted by molar-refractivity contribution is 7.92. The minimum absolute atomic E-state index is 0.205. The number of thiophene rings is 1. The highest BCUT2D eigenvalue weighted by atomic mass is 32.2. The zero-order chi connectivity index (χ0) is 20.1. The Hall–Kier alpha value is -3.04. The molecule has 9 heteroatoms. The van der Waals surface area contributed by atoms with Crippen molar-refractivity contribution in [3.63, 3.8) is 0 Å². The average molecular weight is 420 g/mol. The Bertz CT molecular complexity index is 1110. The maximum absolute atomic E-state index is 13.3. The molecule has 0 spiro atoms. The molecule has 0 saturated carbocycles. The highest BCUT2D eigenvalue weighted by Crippen LogP contribution is 2.20. The van der Waals surface area contributed by atoms with Gasteiger partial charge in [-0.25, -0.2) is 17.2 Å². The first-order chi connectivity index (χ1) is 13.3. The van der Waals surface area contributed by atoms with E-state index in [0.29, 0.717) is 11.8 Å². The van der Waals surface area contributed by atoms with Crippen molar-refractivity contribution < 1.29 is 22.0 Å². The van der Waals surface area contributed by atoms with E-state index >= 15 is 0 Å². The van der Waals surface area contributed by atoms with Crippen molar-refractivity contribution in [2.75, 3.05) is 10.0 Å². The number of hydrogen-bond donors (Lipinski definition) is 2. The predicted octanol–water partition coefficient (Wildman–Crippen LogP) is 4.48. The van der Waals surface area contributed by atoms with Gasteiger partial charge in [0, 0.05) is 22.3 Å². The van der Waals surface area contributed by atoms with Crippen LogP contribution in [0.3, 0.4) is 0 Å². The number of benzene rings is 2. The second-order valence-electron chi connectivity index (χ2n) is 5.60. The van der Waals surface area contributed by atoms with Crippen molar-refractivity contribution in [3.8, 4) is 0 Å². The standard InChI is InChI=1S/C19H14F2N2O3S2/c20-17-9-8-16(12-18(17)21)28(25,26)23-14-5-3-13(4-6-14)22-19(24)10-7-15-2-1-11-27-15/h1-12,23H,(H,22,24)/b10-7+. The molecule has 0 radical (unpaired) electrons. The molecule has 1 aromatic heterocycles. The molecule has 0 aliphatic heterocycles. The largest absolute Gasteiger partial charge is 0.323 e. The van der Waals surface area contributed by atoms with Gasteiger partial charge in [-0.1, -0.05) is 6.07 Å². The number of carbonyl (C=O) groups excluding carboxylic acids is 1. The van der Waals surface area contributed by atoms with Crippen LogP contribution in [0.25, 0.3) is 6.08 Å². The molecule has 5 nitrogen and oxygen atoms in total. The molecule has 2 N–H and O–H groups in total. The first-order valence-corrected chi connectivity index (χ1v) is 10.3. The summed E-state index contributed by atoms with van der Waals surface area (Å²) in [5.74, 6) is -2.72. The lowest BCUT2D eigenvalue weighted by atomic mass is 10.3. The summed E-state index contributed by atoms with van der Waals surface area (Å²) in [5, 5.41) is 4.55. The molecule has 1 amide bonds. The Kier molecular flexibility index (Phi) is 5.86. The van der Waals surface area contributed by atoms with Gasteiger partial charge in [-0.15, -0.1) is 11.3 Å². The number of amides is 1. The molecule has 0 fully saturated rings. The van der Waals surface area contributed by atoms with E-state index in [1.165, 1.54) is 41.7 Å². The predicted molar refractivity (Wildman–Crippen MR) is 106 cm³/mol. The summed E-state index contributed by atoms with van der Waals surface area (Å²) < 4.78 is 53.0. The van der Waals surface area contributed by atoms with Gasteiger partial charge in [0.25, 0.3) is 10.0 Å². The van der Waals surface area contributed by atoms with E-state index in [0.717, 1.165) is 17.0 Å². The van der Waals surface area contributed by atoms with Crippen LogP contribution >= 0.6 is 11.3 Å². The molecule has 0 bridgehead atoms. The van der Waals surface area contributed by atoms with Gasteiger partial charge in [0.1, 0.15) is 0 Å². The zero-order valence-corrected chi connectivity index (χ0v) is 15.9. The smallest absolute Gasteiger partial charge is 0.261 e. The topological polar surface area (TPSA) is 75.3 Å². The quantitative estimate of drug-likeness (QED) is 0.578. The lowest BCUT2D eigenvalue weighted by Crippen LogP contribution is -2.13. The van der Waals surface area contributed by atoms with Crippen LogP contribution in [0.1, 0.15) is 4.88 Å². The lowest BCUT2D eigenvalue weighted by Gasteiger charge is -2.09. The van der Waals surface area contributed by atoms with E-state index in [-0.39, 0.29) is 11.6 Å². The van der Waals surface area contributed by atoms with Crippen molar-refractivity contribution >= 4 is 44.7 Å². The average Bonchev–Trinajstić information content (AvgIpc) is 3.17. The van der Waals surface area contributed by atoms with Crippen molar-refractivity contribution in [1.29, 1.82) is 0 Å². The number of nitrogens with one attached hydrogen (secondary N) is 2.